The van der Waals surface area contributed by atoms with Crippen LogP contribution in [-0.4, -0.2) is 67.2 Å². The van der Waals surface area contributed by atoms with Crippen LogP contribution in [0.15, 0.2) is 103 Å². The first-order chi connectivity index (χ1) is 24.5. The van der Waals surface area contributed by atoms with Crippen LogP contribution in [0.25, 0.3) is 0 Å². The first kappa shape index (κ1) is 36.0. The minimum Gasteiger partial charge on any atom is -0.497 e. The quantitative estimate of drug-likeness (QED) is 0.161. The Hall–Kier alpha value is -4.81. The lowest BCUT2D eigenvalue weighted by Crippen LogP contribution is -2.46. The SMILES string of the molecule is COc1ccc(C(=O)Nc2ccc3c(c2)[C@]2(O[C@@H](CC(=O)N(CCO)Cc4ccccc4)[C@H]([Si](C)(C)O)[C@H]2C)C(=O)N3Cc2ccccc2)cc1. The highest BCUT2D eigenvalue weighted by atomic mass is 28.4. The van der Waals surface area contributed by atoms with Gasteiger partial charge in [-0.3, -0.25) is 14.4 Å². The number of hydrogen-bond donors (Lipinski definition) is 3. The normalized spacial score (nSPS) is 21.1. The third kappa shape index (κ3) is 7.20. The number of rotatable bonds is 12. The van der Waals surface area contributed by atoms with Gasteiger partial charge in [0, 0.05) is 41.4 Å². The van der Waals surface area contributed by atoms with Crippen molar-refractivity contribution in [2.45, 2.75) is 56.8 Å². The molecular formula is C40H45N3O7Si. The molecule has 2 aliphatic heterocycles. The number of amides is 3. The van der Waals surface area contributed by atoms with E-state index in [1.54, 1.807) is 53.3 Å². The number of methoxy groups -OCH3 is 1. The highest BCUT2D eigenvalue weighted by Gasteiger charge is 2.66. The maximum Gasteiger partial charge on any atom is 0.264 e. The molecule has 6 rings (SSSR count). The first-order valence-corrected chi connectivity index (χ1v) is 20.3. The highest BCUT2D eigenvalue weighted by molar-refractivity contribution is 6.71. The van der Waals surface area contributed by atoms with E-state index >= 15 is 0 Å². The van der Waals surface area contributed by atoms with Gasteiger partial charge in [-0.1, -0.05) is 67.6 Å². The zero-order valence-corrected chi connectivity index (χ0v) is 30.4. The van der Waals surface area contributed by atoms with E-state index in [0.717, 1.165) is 11.1 Å². The summed E-state index contributed by atoms with van der Waals surface area (Å²) in [6.45, 7) is 6.08. The molecule has 2 heterocycles. The van der Waals surface area contributed by atoms with E-state index in [1.807, 2.05) is 86.7 Å². The summed E-state index contributed by atoms with van der Waals surface area (Å²) in [4.78, 5) is 57.3. The van der Waals surface area contributed by atoms with Gasteiger partial charge in [-0.2, -0.15) is 0 Å². The molecule has 0 bridgehead atoms. The Morgan fingerprint density at radius 3 is 2.22 bits per heavy atom. The maximum atomic E-state index is 14.9. The van der Waals surface area contributed by atoms with Crippen LogP contribution in [0.2, 0.25) is 18.6 Å². The third-order valence-electron chi connectivity index (χ3n) is 10.1. The number of benzene rings is 4. The Labute approximate surface area is 299 Å². The molecule has 3 amide bonds. The van der Waals surface area contributed by atoms with Crippen LogP contribution in [0.5, 0.6) is 5.75 Å². The van der Waals surface area contributed by atoms with Crippen LogP contribution >= 0.6 is 0 Å². The molecule has 51 heavy (non-hydrogen) atoms. The molecule has 0 aliphatic carbocycles. The molecule has 4 aromatic carbocycles. The van der Waals surface area contributed by atoms with Gasteiger partial charge in [0.25, 0.3) is 11.8 Å². The van der Waals surface area contributed by atoms with Crippen molar-refractivity contribution in [3.8, 4) is 5.75 Å². The molecule has 0 aromatic heterocycles. The monoisotopic (exact) mass is 707 g/mol. The summed E-state index contributed by atoms with van der Waals surface area (Å²) in [5, 5.41) is 12.8. The molecule has 1 saturated heterocycles. The van der Waals surface area contributed by atoms with Gasteiger partial charge in [0.2, 0.25) is 5.91 Å². The second kappa shape index (κ2) is 14.8. The molecule has 0 radical (unpaired) electrons. The second-order valence-corrected chi connectivity index (χ2v) is 17.9. The number of nitrogens with zero attached hydrogens (tertiary/aromatic N) is 2. The zero-order chi connectivity index (χ0) is 36.3. The van der Waals surface area contributed by atoms with Gasteiger partial charge >= 0.3 is 0 Å². The summed E-state index contributed by atoms with van der Waals surface area (Å²) in [7, 11) is -1.51. The van der Waals surface area contributed by atoms with Crippen molar-refractivity contribution >= 4 is 37.4 Å². The summed E-state index contributed by atoms with van der Waals surface area (Å²) in [5.74, 6) is -0.722. The number of nitrogens with one attached hydrogen (secondary N) is 1. The molecule has 1 fully saturated rings. The van der Waals surface area contributed by atoms with Crippen molar-refractivity contribution in [3.63, 3.8) is 0 Å². The first-order valence-electron chi connectivity index (χ1n) is 17.2. The van der Waals surface area contributed by atoms with Crippen LogP contribution in [0.3, 0.4) is 0 Å². The van der Waals surface area contributed by atoms with Gasteiger partial charge in [-0.25, -0.2) is 0 Å². The summed E-state index contributed by atoms with van der Waals surface area (Å²) < 4.78 is 12.2. The number of fused-ring (bicyclic) bond motifs is 2. The molecule has 10 nitrogen and oxygen atoms in total. The summed E-state index contributed by atoms with van der Waals surface area (Å²) >= 11 is 0. The van der Waals surface area contributed by atoms with Crippen LogP contribution in [-0.2, 0) is 33.0 Å². The van der Waals surface area contributed by atoms with Crippen LogP contribution in [0.4, 0.5) is 11.4 Å². The number of aliphatic hydroxyl groups is 1. The largest absolute Gasteiger partial charge is 0.497 e. The minimum atomic E-state index is -3.07. The number of aliphatic hydroxyl groups excluding tert-OH is 1. The lowest BCUT2D eigenvalue weighted by atomic mass is 9.82. The average molecular weight is 708 g/mol. The minimum absolute atomic E-state index is 0.0736. The van der Waals surface area contributed by atoms with E-state index in [-0.39, 0.29) is 43.8 Å². The van der Waals surface area contributed by atoms with Crippen molar-refractivity contribution in [3.05, 3.63) is 125 Å². The Kier molecular flexibility index (Phi) is 10.5. The van der Waals surface area contributed by atoms with E-state index in [1.165, 1.54) is 0 Å². The molecule has 11 heteroatoms. The third-order valence-corrected chi connectivity index (χ3v) is 12.6. The molecule has 4 atom stereocenters. The lowest BCUT2D eigenvalue weighted by Gasteiger charge is -2.32. The van der Waals surface area contributed by atoms with E-state index in [4.69, 9.17) is 9.47 Å². The molecule has 2 aliphatic rings. The van der Waals surface area contributed by atoms with Crippen LogP contribution < -0.4 is 15.0 Å². The molecule has 0 saturated carbocycles. The highest BCUT2D eigenvalue weighted by Crippen LogP contribution is 2.60. The maximum absolute atomic E-state index is 14.9. The predicted molar refractivity (Wildman–Crippen MR) is 198 cm³/mol. The number of ether oxygens (including phenoxy) is 2. The van der Waals surface area contributed by atoms with Gasteiger partial charge in [0.1, 0.15) is 5.75 Å². The number of carbonyl (C=O) groups excluding carboxylic acids is 3. The number of hydrogen-bond acceptors (Lipinski definition) is 7. The van der Waals surface area contributed by atoms with E-state index in [2.05, 4.69) is 5.32 Å². The smallest absolute Gasteiger partial charge is 0.264 e. The van der Waals surface area contributed by atoms with Crippen LogP contribution in [0, 0.1) is 5.92 Å². The molecule has 3 N–H and O–H groups in total. The molecule has 266 valence electrons. The Balaban J connectivity index is 1.37. The van der Waals surface area contributed by atoms with Crippen LogP contribution in [0.1, 0.15) is 40.4 Å². The van der Waals surface area contributed by atoms with E-state index in [9.17, 15) is 24.3 Å². The van der Waals surface area contributed by atoms with Crippen molar-refractivity contribution < 1.29 is 33.8 Å². The zero-order valence-electron chi connectivity index (χ0n) is 29.4. The molecule has 1 spiro atoms. The topological polar surface area (TPSA) is 129 Å². The fraction of sp³-hybridized carbons (Fsp3) is 0.325. The molecular weight excluding hydrogens is 663 g/mol. The van der Waals surface area contributed by atoms with Crippen molar-refractivity contribution in [1.29, 1.82) is 0 Å². The number of carbonyl (C=O) groups is 3. The van der Waals surface area contributed by atoms with E-state index in [0.29, 0.717) is 34.8 Å². The van der Waals surface area contributed by atoms with Gasteiger partial charge in [-0.15, -0.1) is 0 Å². The Morgan fingerprint density at radius 1 is 0.961 bits per heavy atom. The summed E-state index contributed by atoms with van der Waals surface area (Å²) in [6, 6.07) is 31.4. The standard InChI is InChI=1S/C40H45N3O7Si/c1-27-37(51(3,4)48)35(24-36(45)42(21-22-44)25-28-11-7-5-8-12-28)50-40(27)33-23-31(41-38(46)30-15-18-32(49-2)19-16-30)17-20-34(33)43(39(40)47)26-29-13-9-6-10-14-29/h5-20,23,27,35,37,44,48H,21-22,24-26H2,1-4H3,(H,41,46)/t27-,35+,37-,40+/m1/s1. The molecule has 0 unspecified atom stereocenters. The van der Waals surface area contributed by atoms with Crippen molar-refractivity contribution in [1.82, 2.24) is 4.90 Å². The summed E-state index contributed by atoms with van der Waals surface area (Å²) in [6.07, 6.45) is -0.849. The number of anilines is 2. The average Bonchev–Trinajstić information content (AvgIpc) is 3.54. The Bertz CT molecular complexity index is 1870. The second-order valence-electron chi connectivity index (χ2n) is 13.9. The fourth-order valence-electron chi connectivity index (χ4n) is 7.74. The predicted octanol–water partition coefficient (Wildman–Crippen LogP) is 5.70. The van der Waals surface area contributed by atoms with Gasteiger partial charge < -0.3 is 34.5 Å². The lowest BCUT2D eigenvalue weighted by molar-refractivity contribution is -0.150. The van der Waals surface area contributed by atoms with Gasteiger partial charge in [0.15, 0.2) is 13.9 Å². The molecule has 4 aromatic rings. The summed E-state index contributed by atoms with van der Waals surface area (Å²) in [5.41, 5.74) is 1.99. The van der Waals surface area contributed by atoms with Gasteiger partial charge in [-0.05, 0) is 66.7 Å². The van der Waals surface area contributed by atoms with Crippen molar-refractivity contribution in [2.75, 3.05) is 30.5 Å². The van der Waals surface area contributed by atoms with Crippen molar-refractivity contribution in [2.24, 2.45) is 5.92 Å². The van der Waals surface area contributed by atoms with Gasteiger partial charge in [0.05, 0.1) is 38.5 Å². The fourth-order valence-corrected chi connectivity index (χ4v) is 10.3. The Morgan fingerprint density at radius 2 is 1.61 bits per heavy atom. The van der Waals surface area contributed by atoms with E-state index < -0.39 is 31.5 Å².